The van der Waals surface area contributed by atoms with Crippen LogP contribution < -0.4 is 0 Å². The number of hydrogen-bond donors (Lipinski definition) is 1. The Labute approximate surface area is 84.5 Å². The van der Waals surface area contributed by atoms with Crippen LogP contribution >= 0.6 is 0 Å². The van der Waals surface area contributed by atoms with E-state index in [0.29, 0.717) is 12.8 Å². The summed E-state index contributed by atoms with van der Waals surface area (Å²) in [6, 6.07) is 0. The molecule has 1 saturated carbocycles. The third kappa shape index (κ3) is 2.56. The normalized spacial score (nSPS) is 26.8. The zero-order valence-electron chi connectivity index (χ0n) is 8.66. The highest BCUT2D eigenvalue weighted by Gasteiger charge is 2.38. The smallest absolute Gasteiger partial charge is 0.307 e. The Bertz CT molecular complexity index is 223. The summed E-state index contributed by atoms with van der Waals surface area (Å²) >= 11 is 0. The van der Waals surface area contributed by atoms with E-state index in [9.17, 15) is 9.59 Å². The lowest BCUT2D eigenvalue weighted by Crippen LogP contribution is -2.22. The van der Waals surface area contributed by atoms with Gasteiger partial charge in [-0.2, -0.15) is 0 Å². The van der Waals surface area contributed by atoms with Crippen molar-refractivity contribution in [3.8, 4) is 0 Å². The summed E-state index contributed by atoms with van der Waals surface area (Å²) in [5.74, 6) is -1.23. The van der Waals surface area contributed by atoms with E-state index in [-0.39, 0.29) is 11.7 Å². The third-order valence-electron chi connectivity index (χ3n) is 3.04. The number of carboxylic acids is 1. The molecule has 0 spiro atoms. The molecule has 1 aliphatic rings. The highest BCUT2D eigenvalue weighted by molar-refractivity contribution is 5.89. The van der Waals surface area contributed by atoms with Crippen molar-refractivity contribution < 1.29 is 14.7 Å². The molecule has 0 bridgehead atoms. The van der Waals surface area contributed by atoms with Gasteiger partial charge < -0.3 is 5.11 Å². The molecule has 14 heavy (non-hydrogen) atoms. The van der Waals surface area contributed by atoms with Crippen LogP contribution in [0.15, 0.2) is 0 Å². The number of carbonyl (C=O) groups is 2. The van der Waals surface area contributed by atoms with Crippen LogP contribution in [-0.4, -0.2) is 16.9 Å². The predicted octanol–water partition coefficient (Wildman–Crippen LogP) is 2.25. The monoisotopic (exact) mass is 198 g/mol. The second-order valence-electron chi connectivity index (χ2n) is 4.05. The number of unbranched alkanes of at least 4 members (excludes halogenated alkanes) is 2. The minimum Gasteiger partial charge on any atom is -0.481 e. The van der Waals surface area contributed by atoms with Crippen LogP contribution in [0.2, 0.25) is 0 Å². The molecule has 0 aromatic heterocycles. The maximum atomic E-state index is 11.4. The molecule has 0 aliphatic heterocycles. The molecule has 3 heteroatoms. The van der Waals surface area contributed by atoms with Gasteiger partial charge in [0.25, 0.3) is 0 Å². The molecule has 2 atom stereocenters. The minimum absolute atomic E-state index is 0.161. The number of Topliss-reactive ketones (excluding diaryl/α,β-unsaturated/α-hetero) is 1. The van der Waals surface area contributed by atoms with Gasteiger partial charge in [0.05, 0.1) is 5.92 Å². The summed E-state index contributed by atoms with van der Waals surface area (Å²) in [7, 11) is 0. The quantitative estimate of drug-likeness (QED) is 0.689. The molecule has 0 unspecified atom stereocenters. The van der Waals surface area contributed by atoms with Crippen molar-refractivity contribution in [2.24, 2.45) is 11.8 Å². The first kappa shape index (κ1) is 11.2. The molecular formula is C11H18O3. The van der Waals surface area contributed by atoms with Crippen LogP contribution in [0.1, 0.15) is 45.4 Å². The fourth-order valence-corrected chi connectivity index (χ4v) is 2.18. The molecule has 0 radical (unpaired) electrons. The van der Waals surface area contributed by atoms with E-state index < -0.39 is 11.9 Å². The highest BCUT2D eigenvalue weighted by atomic mass is 16.4. The van der Waals surface area contributed by atoms with E-state index in [1.165, 1.54) is 0 Å². The van der Waals surface area contributed by atoms with E-state index in [1.807, 2.05) is 0 Å². The van der Waals surface area contributed by atoms with Crippen LogP contribution in [0.4, 0.5) is 0 Å². The second kappa shape index (κ2) is 5.13. The molecule has 0 aromatic rings. The lowest BCUT2D eigenvalue weighted by Gasteiger charge is -2.13. The SMILES string of the molecule is CCCCC[C@H]1C(=O)CC[C@@H]1C(=O)O. The van der Waals surface area contributed by atoms with Crippen LogP contribution in [0.5, 0.6) is 0 Å². The minimum atomic E-state index is -0.794. The van der Waals surface area contributed by atoms with E-state index in [1.54, 1.807) is 0 Å². The molecule has 1 fully saturated rings. The fourth-order valence-electron chi connectivity index (χ4n) is 2.18. The Morgan fingerprint density at radius 1 is 1.50 bits per heavy atom. The number of carboxylic acid groups (broad SMARTS) is 1. The largest absolute Gasteiger partial charge is 0.481 e. The maximum absolute atomic E-state index is 11.4. The van der Waals surface area contributed by atoms with Gasteiger partial charge in [0.2, 0.25) is 0 Å². The Morgan fingerprint density at radius 3 is 2.79 bits per heavy atom. The van der Waals surface area contributed by atoms with Crippen molar-refractivity contribution in [1.29, 1.82) is 0 Å². The van der Waals surface area contributed by atoms with Gasteiger partial charge in [-0.15, -0.1) is 0 Å². The van der Waals surface area contributed by atoms with E-state index in [2.05, 4.69) is 6.92 Å². The highest BCUT2D eigenvalue weighted by Crippen LogP contribution is 2.32. The topological polar surface area (TPSA) is 54.4 Å². The summed E-state index contributed by atoms with van der Waals surface area (Å²) < 4.78 is 0. The first-order valence-electron chi connectivity index (χ1n) is 5.42. The van der Waals surface area contributed by atoms with Crippen molar-refractivity contribution >= 4 is 11.8 Å². The Balaban J connectivity index is 2.45. The zero-order valence-corrected chi connectivity index (χ0v) is 8.66. The lowest BCUT2D eigenvalue weighted by atomic mass is 9.90. The van der Waals surface area contributed by atoms with Crippen LogP contribution in [0.3, 0.4) is 0 Å². The van der Waals surface area contributed by atoms with Crippen molar-refractivity contribution in [3.63, 3.8) is 0 Å². The first-order valence-corrected chi connectivity index (χ1v) is 5.42. The summed E-state index contributed by atoms with van der Waals surface area (Å²) in [4.78, 5) is 22.3. The average Bonchev–Trinajstić information content (AvgIpc) is 2.48. The standard InChI is InChI=1S/C11H18O3/c1-2-3-4-5-8-9(11(13)14)6-7-10(8)12/h8-9H,2-7H2,1H3,(H,13,14)/t8-,9+/m1/s1. The van der Waals surface area contributed by atoms with Gasteiger partial charge in [0.15, 0.2) is 0 Å². The molecular weight excluding hydrogens is 180 g/mol. The number of ketones is 1. The summed E-state index contributed by atoms with van der Waals surface area (Å²) in [6.45, 7) is 2.10. The van der Waals surface area contributed by atoms with Gasteiger partial charge in [-0.25, -0.2) is 0 Å². The molecule has 3 nitrogen and oxygen atoms in total. The lowest BCUT2D eigenvalue weighted by molar-refractivity contribution is -0.144. The Morgan fingerprint density at radius 2 is 2.21 bits per heavy atom. The number of aliphatic carboxylic acids is 1. The molecule has 80 valence electrons. The van der Waals surface area contributed by atoms with E-state index in [4.69, 9.17) is 5.11 Å². The number of hydrogen-bond acceptors (Lipinski definition) is 2. The van der Waals surface area contributed by atoms with Crippen molar-refractivity contribution in [1.82, 2.24) is 0 Å². The molecule has 0 saturated heterocycles. The molecule has 0 amide bonds. The first-order chi connectivity index (χ1) is 6.66. The van der Waals surface area contributed by atoms with Crippen molar-refractivity contribution in [2.45, 2.75) is 45.4 Å². The Kier molecular flexibility index (Phi) is 4.11. The van der Waals surface area contributed by atoms with E-state index >= 15 is 0 Å². The Hall–Kier alpha value is -0.860. The summed E-state index contributed by atoms with van der Waals surface area (Å²) in [6.07, 6.45) is 4.97. The molecule has 1 N–H and O–H groups in total. The summed E-state index contributed by atoms with van der Waals surface area (Å²) in [5.41, 5.74) is 0. The zero-order chi connectivity index (χ0) is 10.6. The van der Waals surface area contributed by atoms with Gasteiger partial charge in [-0.1, -0.05) is 26.2 Å². The van der Waals surface area contributed by atoms with Gasteiger partial charge >= 0.3 is 5.97 Å². The third-order valence-corrected chi connectivity index (χ3v) is 3.04. The van der Waals surface area contributed by atoms with Gasteiger partial charge in [0, 0.05) is 12.3 Å². The fraction of sp³-hybridized carbons (Fsp3) is 0.818. The summed E-state index contributed by atoms with van der Waals surface area (Å²) in [5, 5.41) is 8.91. The number of rotatable bonds is 5. The van der Waals surface area contributed by atoms with Crippen molar-refractivity contribution in [2.75, 3.05) is 0 Å². The molecule has 1 rings (SSSR count). The number of carbonyl (C=O) groups excluding carboxylic acids is 1. The maximum Gasteiger partial charge on any atom is 0.307 e. The second-order valence-corrected chi connectivity index (χ2v) is 4.05. The van der Waals surface area contributed by atoms with Gasteiger partial charge in [-0.3, -0.25) is 9.59 Å². The average molecular weight is 198 g/mol. The van der Waals surface area contributed by atoms with Crippen molar-refractivity contribution in [3.05, 3.63) is 0 Å². The van der Waals surface area contributed by atoms with E-state index in [0.717, 1.165) is 25.7 Å². The van der Waals surface area contributed by atoms with Crippen LogP contribution in [0, 0.1) is 11.8 Å². The van der Waals surface area contributed by atoms with Gasteiger partial charge in [-0.05, 0) is 12.8 Å². The van der Waals surface area contributed by atoms with Crippen LogP contribution in [0.25, 0.3) is 0 Å². The molecule has 0 heterocycles. The van der Waals surface area contributed by atoms with Gasteiger partial charge in [0.1, 0.15) is 5.78 Å². The van der Waals surface area contributed by atoms with Crippen LogP contribution in [-0.2, 0) is 9.59 Å². The molecule has 0 aromatic carbocycles. The predicted molar refractivity (Wildman–Crippen MR) is 53.0 cm³/mol. The molecule has 1 aliphatic carbocycles.